The Balaban J connectivity index is 2.61. The van der Waals surface area contributed by atoms with Gasteiger partial charge in [0.2, 0.25) is 11.8 Å². The van der Waals surface area contributed by atoms with Gasteiger partial charge in [0, 0.05) is 18.5 Å². The van der Waals surface area contributed by atoms with Crippen LogP contribution in [0.15, 0.2) is 42.5 Å². The lowest BCUT2D eigenvalue weighted by Crippen LogP contribution is -2.55. The summed E-state index contributed by atoms with van der Waals surface area (Å²) in [6, 6.07) is 10.4. The van der Waals surface area contributed by atoms with Crippen molar-refractivity contribution in [3.63, 3.8) is 0 Å². The average molecular weight is 554 g/mol. The zero-order chi connectivity index (χ0) is 30.3. The minimum absolute atomic E-state index is 0.102. The summed E-state index contributed by atoms with van der Waals surface area (Å²) in [5.41, 5.74) is 2.15. The van der Waals surface area contributed by atoms with Gasteiger partial charge in [-0.25, -0.2) is 4.79 Å². The summed E-state index contributed by atoms with van der Waals surface area (Å²) in [5.74, 6) is -0.573. The van der Waals surface area contributed by atoms with Gasteiger partial charge in [-0.1, -0.05) is 49.2 Å². The maximum Gasteiger partial charge on any atom is 0.408 e. The first-order chi connectivity index (χ1) is 18.5. The van der Waals surface area contributed by atoms with Gasteiger partial charge in [0.25, 0.3) is 0 Å². The molecule has 3 amide bonds. The largest absolute Gasteiger partial charge is 0.508 e. The second kappa shape index (κ2) is 13.7. The lowest BCUT2D eigenvalue weighted by Gasteiger charge is -2.36. The van der Waals surface area contributed by atoms with Gasteiger partial charge >= 0.3 is 6.09 Å². The van der Waals surface area contributed by atoms with E-state index in [9.17, 15) is 19.5 Å². The van der Waals surface area contributed by atoms with Crippen molar-refractivity contribution in [2.24, 2.45) is 0 Å². The number of nitrogens with zero attached hydrogens (tertiary/aromatic N) is 1. The summed E-state index contributed by atoms with van der Waals surface area (Å²) in [6.45, 7) is 17.2. The lowest BCUT2D eigenvalue weighted by atomic mass is 9.94. The monoisotopic (exact) mass is 553 g/mol. The molecule has 220 valence electrons. The minimum atomic E-state index is -1.01. The van der Waals surface area contributed by atoms with E-state index in [1.165, 1.54) is 12.1 Å². The highest BCUT2D eigenvalue weighted by atomic mass is 16.6. The highest BCUT2D eigenvalue weighted by Crippen LogP contribution is 2.28. The molecule has 40 heavy (non-hydrogen) atoms. The van der Waals surface area contributed by atoms with Gasteiger partial charge in [-0.3, -0.25) is 9.59 Å². The third-order valence-corrected chi connectivity index (χ3v) is 6.18. The van der Waals surface area contributed by atoms with Gasteiger partial charge in [0.05, 0.1) is 0 Å². The third-order valence-electron chi connectivity index (χ3n) is 6.18. The molecule has 2 aromatic rings. The van der Waals surface area contributed by atoms with E-state index in [0.717, 1.165) is 28.7 Å². The molecule has 0 spiro atoms. The second-order valence-electron chi connectivity index (χ2n) is 12.5. The molecule has 0 radical (unpaired) electrons. The molecular formula is C32H47N3O5. The van der Waals surface area contributed by atoms with E-state index in [1.54, 1.807) is 37.8 Å². The number of aromatic hydroxyl groups is 1. The van der Waals surface area contributed by atoms with E-state index in [-0.39, 0.29) is 24.0 Å². The van der Waals surface area contributed by atoms with Crippen LogP contribution in [0.1, 0.15) is 89.6 Å². The highest BCUT2D eigenvalue weighted by molar-refractivity contribution is 5.92. The number of carbonyl (C=O) groups excluding carboxylic acids is 3. The standard InChI is InChI=1S/C32H47N3O5/c1-10-11-18-35(27(28(37)34-31(4,5)6)25-17-12-21(2)19-22(25)3)29(38)26(33-30(39)40-32(7,8)9)20-23-13-15-24(36)16-14-23/h12-17,19,26-27,36H,10-11,18,20H2,1-9H3,(H,33,39)(H,34,37). The molecule has 3 N–H and O–H groups in total. The number of nitrogens with one attached hydrogen (secondary N) is 2. The molecule has 0 aliphatic carbocycles. The molecule has 2 unspecified atom stereocenters. The molecule has 0 aliphatic heterocycles. The van der Waals surface area contributed by atoms with Crippen LogP contribution < -0.4 is 10.6 Å². The number of amides is 3. The quantitative estimate of drug-likeness (QED) is 0.348. The molecule has 0 aromatic heterocycles. The maximum absolute atomic E-state index is 14.4. The fourth-order valence-corrected chi connectivity index (χ4v) is 4.43. The number of ether oxygens (including phenoxy) is 1. The van der Waals surface area contributed by atoms with E-state index in [0.29, 0.717) is 13.0 Å². The Bertz CT molecular complexity index is 1160. The van der Waals surface area contributed by atoms with Crippen LogP contribution in [-0.2, 0) is 20.7 Å². The van der Waals surface area contributed by atoms with Gasteiger partial charge in [0.1, 0.15) is 23.4 Å². The molecule has 2 atom stereocenters. The number of aryl methyl sites for hydroxylation is 2. The predicted octanol–water partition coefficient (Wildman–Crippen LogP) is 5.73. The van der Waals surface area contributed by atoms with E-state index in [2.05, 4.69) is 10.6 Å². The Morgan fingerprint density at radius 3 is 2.12 bits per heavy atom. The number of alkyl carbamates (subject to hydrolysis) is 1. The van der Waals surface area contributed by atoms with Crippen molar-refractivity contribution in [2.45, 2.75) is 105 Å². The van der Waals surface area contributed by atoms with Crippen molar-refractivity contribution in [3.05, 3.63) is 64.7 Å². The zero-order valence-corrected chi connectivity index (χ0v) is 25.6. The fraction of sp³-hybridized carbons (Fsp3) is 0.531. The van der Waals surface area contributed by atoms with E-state index >= 15 is 0 Å². The number of hydrogen-bond acceptors (Lipinski definition) is 5. The van der Waals surface area contributed by atoms with E-state index in [1.807, 2.05) is 59.7 Å². The van der Waals surface area contributed by atoms with Crippen LogP contribution in [-0.4, -0.2) is 51.6 Å². The summed E-state index contributed by atoms with van der Waals surface area (Å²) in [4.78, 5) is 42.8. The maximum atomic E-state index is 14.4. The van der Waals surface area contributed by atoms with Crippen LogP contribution in [0.4, 0.5) is 4.79 Å². The first-order valence-electron chi connectivity index (χ1n) is 14.0. The third kappa shape index (κ3) is 10.2. The van der Waals surface area contributed by atoms with Crippen molar-refractivity contribution < 1.29 is 24.2 Å². The molecule has 0 aliphatic rings. The number of phenolic OH excluding ortho intramolecular Hbond substituents is 1. The Hall–Kier alpha value is -3.55. The number of rotatable bonds is 10. The van der Waals surface area contributed by atoms with Crippen LogP contribution in [0, 0.1) is 13.8 Å². The van der Waals surface area contributed by atoms with Gasteiger partial charge in [-0.2, -0.15) is 0 Å². The zero-order valence-electron chi connectivity index (χ0n) is 25.6. The minimum Gasteiger partial charge on any atom is -0.508 e. The van der Waals surface area contributed by atoms with Crippen molar-refractivity contribution in [2.75, 3.05) is 6.54 Å². The second-order valence-corrected chi connectivity index (χ2v) is 12.5. The average Bonchev–Trinajstić information content (AvgIpc) is 2.80. The summed E-state index contributed by atoms with van der Waals surface area (Å²) in [5, 5.41) is 15.6. The van der Waals surface area contributed by atoms with Crippen LogP contribution in [0.2, 0.25) is 0 Å². The SMILES string of the molecule is CCCCN(C(=O)C(Cc1ccc(O)cc1)NC(=O)OC(C)(C)C)C(C(=O)NC(C)(C)C)c1ccc(C)cc1C. The Morgan fingerprint density at radius 1 is 0.975 bits per heavy atom. The van der Waals surface area contributed by atoms with Crippen LogP contribution >= 0.6 is 0 Å². The molecular weight excluding hydrogens is 506 g/mol. The fourth-order valence-electron chi connectivity index (χ4n) is 4.43. The van der Waals surface area contributed by atoms with Crippen molar-refractivity contribution in [1.29, 1.82) is 0 Å². The molecule has 2 aromatic carbocycles. The van der Waals surface area contributed by atoms with E-state index < -0.39 is 29.3 Å². The van der Waals surface area contributed by atoms with E-state index in [4.69, 9.17) is 4.74 Å². The summed E-state index contributed by atoms with van der Waals surface area (Å²) < 4.78 is 5.49. The predicted molar refractivity (Wildman–Crippen MR) is 158 cm³/mol. The Labute approximate surface area is 239 Å². The highest BCUT2D eigenvalue weighted by Gasteiger charge is 2.37. The van der Waals surface area contributed by atoms with Crippen LogP contribution in [0.3, 0.4) is 0 Å². The Kier molecular flexibility index (Phi) is 11.2. The van der Waals surface area contributed by atoms with Crippen LogP contribution in [0.25, 0.3) is 0 Å². The number of benzene rings is 2. The molecule has 0 saturated carbocycles. The van der Waals surface area contributed by atoms with Gasteiger partial charge in [-0.05, 0) is 90.6 Å². The van der Waals surface area contributed by atoms with Gasteiger partial charge in [0.15, 0.2) is 0 Å². The first-order valence-corrected chi connectivity index (χ1v) is 14.0. The molecule has 8 heteroatoms. The summed E-state index contributed by atoms with van der Waals surface area (Å²) in [6.07, 6.45) is 0.921. The van der Waals surface area contributed by atoms with Crippen molar-refractivity contribution in [3.8, 4) is 5.75 Å². The number of hydrogen-bond donors (Lipinski definition) is 3. The summed E-state index contributed by atoms with van der Waals surface area (Å²) >= 11 is 0. The summed E-state index contributed by atoms with van der Waals surface area (Å²) in [7, 11) is 0. The lowest BCUT2D eigenvalue weighted by molar-refractivity contribution is -0.143. The number of carbonyl (C=O) groups is 3. The van der Waals surface area contributed by atoms with Gasteiger partial charge in [-0.15, -0.1) is 0 Å². The Morgan fingerprint density at radius 2 is 1.60 bits per heavy atom. The van der Waals surface area contributed by atoms with Crippen molar-refractivity contribution in [1.82, 2.24) is 15.5 Å². The first kappa shape index (κ1) is 32.7. The number of phenols is 1. The normalized spacial score (nSPS) is 13.2. The molecule has 0 bridgehead atoms. The molecule has 0 fully saturated rings. The molecule has 0 heterocycles. The molecule has 0 saturated heterocycles. The smallest absolute Gasteiger partial charge is 0.408 e. The molecule has 8 nitrogen and oxygen atoms in total. The molecule has 2 rings (SSSR count). The van der Waals surface area contributed by atoms with Crippen molar-refractivity contribution >= 4 is 17.9 Å². The topological polar surface area (TPSA) is 108 Å². The van der Waals surface area contributed by atoms with Gasteiger partial charge < -0.3 is 25.4 Å². The number of unbranched alkanes of at least 4 members (excludes halogenated alkanes) is 1. The van der Waals surface area contributed by atoms with Crippen LogP contribution in [0.5, 0.6) is 5.75 Å².